The Labute approximate surface area is 174 Å². The summed E-state index contributed by atoms with van der Waals surface area (Å²) in [6, 6.07) is 19.2. The van der Waals surface area contributed by atoms with Crippen LogP contribution in [0.2, 0.25) is 0 Å². The molecule has 0 aliphatic rings. The van der Waals surface area contributed by atoms with E-state index < -0.39 is 17.8 Å². The molecule has 0 unspecified atom stereocenters. The quantitative estimate of drug-likeness (QED) is 0.620. The normalized spacial score (nSPS) is 11.4. The number of nitrogens with one attached hydrogen (secondary N) is 2. The molecule has 0 radical (unpaired) electrons. The molecule has 0 heterocycles. The molecule has 0 aromatic heterocycles. The Morgan fingerprint density at radius 2 is 1.70 bits per heavy atom. The summed E-state index contributed by atoms with van der Waals surface area (Å²) >= 11 is 0. The predicted molar refractivity (Wildman–Crippen MR) is 114 cm³/mol. The van der Waals surface area contributed by atoms with Crippen molar-refractivity contribution >= 4 is 17.5 Å². The van der Waals surface area contributed by atoms with Crippen molar-refractivity contribution in [3.63, 3.8) is 0 Å². The van der Waals surface area contributed by atoms with E-state index in [0.29, 0.717) is 17.9 Å². The van der Waals surface area contributed by atoms with Crippen molar-refractivity contribution in [2.75, 3.05) is 12.4 Å². The zero-order chi connectivity index (χ0) is 21.5. The van der Waals surface area contributed by atoms with E-state index in [1.807, 2.05) is 49.4 Å². The second-order valence-electron chi connectivity index (χ2n) is 6.92. The lowest BCUT2D eigenvalue weighted by Crippen LogP contribution is -2.45. The highest BCUT2D eigenvalue weighted by Crippen LogP contribution is 2.25. The lowest BCUT2D eigenvalue weighted by atomic mass is 10.0. The second kappa shape index (κ2) is 9.69. The maximum atomic E-state index is 13.2. The lowest BCUT2D eigenvalue weighted by Gasteiger charge is -2.20. The third-order valence-electron chi connectivity index (χ3n) is 4.63. The number of hydrogen-bond donors (Lipinski definition) is 2. The van der Waals surface area contributed by atoms with Gasteiger partial charge in [0.2, 0.25) is 5.91 Å². The largest absolute Gasteiger partial charge is 0.495 e. The van der Waals surface area contributed by atoms with Crippen molar-refractivity contribution in [1.29, 1.82) is 0 Å². The third-order valence-corrected chi connectivity index (χ3v) is 4.63. The van der Waals surface area contributed by atoms with E-state index in [-0.39, 0.29) is 11.5 Å². The molecule has 3 rings (SSSR count). The van der Waals surface area contributed by atoms with Gasteiger partial charge in [0.25, 0.3) is 5.91 Å². The van der Waals surface area contributed by atoms with Crippen LogP contribution in [0.15, 0.2) is 72.8 Å². The van der Waals surface area contributed by atoms with Gasteiger partial charge in [0.1, 0.15) is 17.6 Å². The molecule has 5 nitrogen and oxygen atoms in total. The molecule has 6 heteroatoms. The van der Waals surface area contributed by atoms with E-state index in [4.69, 9.17) is 4.74 Å². The van der Waals surface area contributed by atoms with E-state index in [9.17, 15) is 14.0 Å². The summed E-state index contributed by atoms with van der Waals surface area (Å²) in [7, 11) is 1.53. The first-order valence-electron chi connectivity index (χ1n) is 9.52. The van der Waals surface area contributed by atoms with E-state index in [1.54, 1.807) is 6.07 Å². The van der Waals surface area contributed by atoms with Gasteiger partial charge in [0, 0.05) is 12.0 Å². The summed E-state index contributed by atoms with van der Waals surface area (Å²) in [6.45, 7) is 1.93. The van der Waals surface area contributed by atoms with Gasteiger partial charge < -0.3 is 15.4 Å². The standard InChI is InChI=1S/C24H23FN2O3/c1-16-8-13-20(22(14-16)30-2)26-24(29)21(15-17-6-4-3-5-7-17)27-23(28)18-9-11-19(25)12-10-18/h3-14,21H,15H2,1-2H3,(H,26,29)(H,27,28)/t21-/m0/s1. The van der Waals surface area contributed by atoms with Gasteiger partial charge in [0.15, 0.2) is 0 Å². The molecule has 0 spiro atoms. The third kappa shape index (κ3) is 5.44. The molecular formula is C24H23FN2O3. The molecule has 30 heavy (non-hydrogen) atoms. The first-order chi connectivity index (χ1) is 14.5. The predicted octanol–water partition coefficient (Wildman–Crippen LogP) is 4.12. The van der Waals surface area contributed by atoms with E-state index in [1.165, 1.54) is 31.4 Å². The van der Waals surface area contributed by atoms with Gasteiger partial charge in [0.05, 0.1) is 12.8 Å². The summed E-state index contributed by atoms with van der Waals surface area (Å²) in [5.41, 5.74) is 2.68. The molecule has 3 aromatic rings. The molecule has 0 aliphatic carbocycles. The summed E-state index contributed by atoms with van der Waals surface area (Å²) < 4.78 is 18.5. The number of rotatable bonds is 7. The number of methoxy groups -OCH3 is 1. The monoisotopic (exact) mass is 406 g/mol. The molecule has 154 valence electrons. The molecular weight excluding hydrogens is 383 g/mol. The smallest absolute Gasteiger partial charge is 0.251 e. The Hall–Kier alpha value is -3.67. The number of benzene rings is 3. The number of ether oxygens (including phenoxy) is 1. The Balaban J connectivity index is 1.82. The molecule has 0 saturated heterocycles. The van der Waals surface area contributed by atoms with Crippen LogP contribution in [0.5, 0.6) is 5.75 Å². The van der Waals surface area contributed by atoms with Crippen LogP contribution in [-0.2, 0) is 11.2 Å². The number of anilines is 1. The molecule has 2 amide bonds. The highest BCUT2D eigenvalue weighted by molar-refractivity contribution is 6.01. The van der Waals surface area contributed by atoms with Gasteiger partial charge >= 0.3 is 0 Å². The highest BCUT2D eigenvalue weighted by Gasteiger charge is 2.23. The van der Waals surface area contributed by atoms with Crippen molar-refractivity contribution in [2.45, 2.75) is 19.4 Å². The zero-order valence-corrected chi connectivity index (χ0v) is 16.8. The summed E-state index contributed by atoms with van der Waals surface area (Å²) in [5, 5.41) is 5.59. The van der Waals surface area contributed by atoms with Crippen molar-refractivity contribution < 1.29 is 18.7 Å². The molecule has 2 N–H and O–H groups in total. The SMILES string of the molecule is COc1cc(C)ccc1NC(=O)[C@H](Cc1ccccc1)NC(=O)c1ccc(F)cc1. The fourth-order valence-electron chi connectivity index (χ4n) is 3.02. The van der Waals surface area contributed by atoms with Crippen LogP contribution in [0, 0.1) is 12.7 Å². The van der Waals surface area contributed by atoms with E-state index in [2.05, 4.69) is 10.6 Å². The number of halogens is 1. The fraction of sp³-hybridized carbons (Fsp3) is 0.167. The average molecular weight is 406 g/mol. The molecule has 0 bridgehead atoms. The summed E-state index contributed by atoms with van der Waals surface area (Å²) in [4.78, 5) is 25.7. The van der Waals surface area contributed by atoms with E-state index >= 15 is 0 Å². The second-order valence-corrected chi connectivity index (χ2v) is 6.92. The van der Waals surface area contributed by atoms with Gasteiger partial charge in [-0.05, 0) is 54.4 Å². The molecule has 3 aromatic carbocycles. The number of carbonyl (C=O) groups excluding carboxylic acids is 2. The zero-order valence-electron chi connectivity index (χ0n) is 16.8. The Bertz CT molecular complexity index is 1020. The minimum Gasteiger partial charge on any atom is -0.495 e. The first-order valence-corrected chi connectivity index (χ1v) is 9.52. The van der Waals surface area contributed by atoms with Crippen molar-refractivity contribution in [3.8, 4) is 5.75 Å². The average Bonchev–Trinajstić information content (AvgIpc) is 2.75. The minimum atomic E-state index is -0.837. The number of carbonyl (C=O) groups is 2. The van der Waals surface area contributed by atoms with Crippen LogP contribution >= 0.6 is 0 Å². The van der Waals surface area contributed by atoms with Crippen molar-refractivity contribution in [1.82, 2.24) is 5.32 Å². The molecule has 1 atom stereocenters. The topological polar surface area (TPSA) is 67.4 Å². The maximum Gasteiger partial charge on any atom is 0.251 e. The van der Waals surface area contributed by atoms with Gasteiger partial charge in [-0.1, -0.05) is 36.4 Å². The Kier molecular flexibility index (Phi) is 6.80. The van der Waals surface area contributed by atoms with Gasteiger partial charge in [-0.2, -0.15) is 0 Å². The van der Waals surface area contributed by atoms with Crippen LogP contribution in [0.4, 0.5) is 10.1 Å². The fourth-order valence-corrected chi connectivity index (χ4v) is 3.02. The van der Waals surface area contributed by atoms with Crippen LogP contribution in [0.3, 0.4) is 0 Å². The Morgan fingerprint density at radius 3 is 2.37 bits per heavy atom. The number of hydrogen-bond acceptors (Lipinski definition) is 3. The van der Waals surface area contributed by atoms with Crippen LogP contribution < -0.4 is 15.4 Å². The van der Waals surface area contributed by atoms with Crippen LogP contribution in [-0.4, -0.2) is 25.0 Å². The van der Waals surface area contributed by atoms with Gasteiger partial charge in [-0.15, -0.1) is 0 Å². The van der Waals surface area contributed by atoms with Crippen LogP contribution in [0.1, 0.15) is 21.5 Å². The van der Waals surface area contributed by atoms with Crippen molar-refractivity contribution in [2.24, 2.45) is 0 Å². The maximum absolute atomic E-state index is 13.2. The number of aryl methyl sites for hydroxylation is 1. The lowest BCUT2D eigenvalue weighted by molar-refractivity contribution is -0.118. The summed E-state index contributed by atoms with van der Waals surface area (Å²) in [6.07, 6.45) is 0.299. The van der Waals surface area contributed by atoms with Gasteiger partial charge in [-0.25, -0.2) is 4.39 Å². The van der Waals surface area contributed by atoms with Crippen molar-refractivity contribution in [3.05, 3.63) is 95.3 Å². The van der Waals surface area contributed by atoms with E-state index in [0.717, 1.165) is 11.1 Å². The Morgan fingerprint density at radius 1 is 1.00 bits per heavy atom. The minimum absolute atomic E-state index is 0.273. The highest BCUT2D eigenvalue weighted by atomic mass is 19.1. The van der Waals surface area contributed by atoms with Gasteiger partial charge in [-0.3, -0.25) is 9.59 Å². The summed E-state index contributed by atoms with van der Waals surface area (Å²) in [5.74, 6) is -0.735. The molecule has 0 saturated carbocycles. The first kappa shape index (κ1) is 21.0. The molecule has 0 fully saturated rings. The molecule has 0 aliphatic heterocycles. The number of amides is 2. The van der Waals surface area contributed by atoms with Crippen LogP contribution in [0.25, 0.3) is 0 Å².